The van der Waals surface area contributed by atoms with Crippen LogP contribution in [0.1, 0.15) is 31.2 Å². The molecule has 0 N–H and O–H groups in total. The second-order valence-electron chi connectivity index (χ2n) is 6.49. The van der Waals surface area contributed by atoms with E-state index in [1.54, 1.807) is 11.9 Å². The van der Waals surface area contributed by atoms with Crippen LogP contribution < -0.4 is 0 Å². The Bertz CT molecular complexity index is 525. The Hall–Kier alpha value is -0.910. The van der Waals surface area contributed by atoms with Gasteiger partial charge in [-0.05, 0) is 23.8 Å². The van der Waals surface area contributed by atoms with E-state index in [9.17, 15) is 9.35 Å². The van der Waals surface area contributed by atoms with Crippen molar-refractivity contribution < 1.29 is 14.1 Å². The number of amides is 1. The summed E-state index contributed by atoms with van der Waals surface area (Å²) in [5.74, 6) is 0. The first-order valence-corrected chi connectivity index (χ1v) is 9.53. The van der Waals surface area contributed by atoms with Crippen molar-refractivity contribution in [2.75, 3.05) is 7.05 Å². The van der Waals surface area contributed by atoms with Gasteiger partial charge in [0, 0.05) is 25.9 Å². The number of halogens is 1. The second-order valence-corrected chi connectivity index (χ2v) is 8.57. The highest BCUT2D eigenvalue weighted by atomic mass is 35.7. The summed E-state index contributed by atoms with van der Waals surface area (Å²) >= 11 is 0. The van der Waals surface area contributed by atoms with Crippen LogP contribution in [0.2, 0.25) is 0 Å². The van der Waals surface area contributed by atoms with Crippen molar-refractivity contribution in [2.45, 2.75) is 43.6 Å². The molecule has 22 heavy (non-hydrogen) atoms. The minimum Gasteiger partial charge on any atom is -0.599 e. The highest BCUT2D eigenvalue weighted by Gasteiger charge is 2.58. The van der Waals surface area contributed by atoms with Gasteiger partial charge in [0.1, 0.15) is 11.9 Å². The molecule has 3 rings (SSSR count). The number of carbonyl (C=O) groups is 1. The van der Waals surface area contributed by atoms with Crippen molar-refractivity contribution in [1.82, 2.24) is 4.90 Å². The van der Waals surface area contributed by atoms with Gasteiger partial charge in [-0.15, -0.1) is 0 Å². The van der Waals surface area contributed by atoms with Gasteiger partial charge in [-0.3, -0.25) is 0 Å². The molecule has 6 heteroatoms. The molecule has 4 nitrogen and oxygen atoms in total. The third-order valence-corrected chi connectivity index (χ3v) is 6.57. The molecule has 0 aromatic heterocycles. The van der Waals surface area contributed by atoms with Gasteiger partial charge in [0.25, 0.3) is 0 Å². The lowest BCUT2D eigenvalue weighted by atomic mass is 9.53. The van der Waals surface area contributed by atoms with Gasteiger partial charge in [-0.2, -0.15) is 0 Å². The zero-order valence-corrected chi connectivity index (χ0v) is 14.1. The van der Waals surface area contributed by atoms with Gasteiger partial charge in [-0.25, -0.2) is 4.79 Å². The first kappa shape index (κ1) is 16.0. The number of ether oxygens (including phenoxy) is 1. The number of carbonyl (C=O) groups excluding carboxylic acids is 1. The van der Waals surface area contributed by atoms with Crippen LogP contribution >= 0.6 is 10.7 Å². The fraction of sp³-hybridized carbons (Fsp3) is 0.562. The minimum atomic E-state index is -1.23. The highest BCUT2D eigenvalue weighted by molar-refractivity contribution is 8.14. The molecule has 0 radical (unpaired) electrons. The van der Waals surface area contributed by atoms with Gasteiger partial charge >= 0.3 is 6.09 Å². The van der Waals surface area contributed by atoms with Crippen molar-refractivity contribution in [3.63, 3.8) is 0 Å². The smallest absolute Gasteiger partial charge is 0.410 e. The Balaban J connectivity index is 1.42. The third-order valence-electron chi connectivity index (χ3n) is 4.96. The van der Waals surface area contributed by atoms with Crippen LogP contribution in [-0.2, 0) is 21.7 Å². The predicted octanol–water partition coefficient (Wildman–Crippen LogP) is 3.47. The van der Waals surface area contributed by atoms with Gasteiger partial charge in [0.05, 0.1) is 10.4 Å². The maximum atomic E-state index is 12.1. The lowest BCUT2D eigenvalue weighted by molar-refractivity contribution is -0.0416. The monoisotopic (exact) mass is 341 g/mol. The van der Waals surface area contributed by atoms with Crippen molar-refractivity contribution in [3.8, 4) is 0 Å². The summed E-state index contributed by atoms with van der Waals surface area (Å²) < 4.78 is 16.5. The van der Waals surface area contributed by atoms with E-state index in [2.05, 4.69) is 0 Å². The first-order valence-electron chi connectivity index (χ1n) is 7.49. The van der Waals surface area contributed by atoms with Crippen LogP contribution in [0.3, 0.4) is 0 Å². The van der Waals surface area contributed by atoms with Crippen LogP contribution in [0.15, 0.2) is 30.3 Å². The third kappa shape index (κ3) is 3.21. The van der Waals surface area contributed by atoms with E-state index in [1.165, 1.54) is 0 Å². The van der Waals surface area contributed by atoms with Gasteiger partial charge in [0.15, 0.2) is 10.7 Å². The lowest BCUT2D eigenvalue weighted by Crippen LogP contribution is -2.58. The molecule has 1 unspecified atom stereocenters. The van der Waals surface area contributed by atoms with Crippen molar-refractivity contribution >= 4 is 27.2 Å². The summed E-state index contributed by atoms with van der Waals surface area (Å²) in [6, 6.07) is 9.89. The van der Waals surface area contributed by atoms with Gasteiger partial charge in [-0.1, -0.05) is 30.3 Å². The molecule has 2 aliphatic rings. The molecule has 2 saturated carbocycles. The number of benzene rings is 1. The standard InChI is InChI=1S/C16H20ClNO3S/c1-18(15(19)21-11-12-5-3-2-4-6-12)13-7-16(8-13)9-14(10-16)22(17)20/h2-6,13-14H,7-11H2,1H3. The number of hydrogen-bond donors (Lipinski definition) is 0. The molecule has 2 fully saturated rings. The molecule has 1 aromatic carbocycles. The Morgan fingerprint density at radius 3 is 2.59 bits per heavy atom. The fourth-order valence-electron chi connectivity index (χ4n) is 3.55. The van der Waals surface area contributed by atoms with Crippen molar-refractivity contribution in [1.29, 1.82) is 0 Å². The Kier molecular flexibility index (Phi) is 4.57. The van der Waals surface area contributed by atoms with Crippen molar-refractivity contribution in [3.05, 3.63) is 35.9 Å². The van der Waals surface area contributed by atoms with Crippen LogP contribution in [-0.4, -0.2) is 33.9 Å². The Labute approximate surface area is 138 Å². The zero-order valence-electron chi connectivity index (χ0n) is 12.5. The largest absolute Gasteiger partial charge is 0.599 e. The number of nitrogens with zero attached hydrogens (tertiary/aromatic N) is 1. The fourth-order valence-corrected chi connectivity index (χ4v) is 4.90. The molecule has 2 aliphatic carbocycles. The summed E-state index contributed by atoms with van der Waals surface area (Å²) in [6.45, 7) is 0.301. The van der Waals surface area contributed by atoms with E-state index >= 15 is 0 Å². The maximum absolute atomic E-state index is 12.1. The molecule has 1 atom stereocenters. The second kappa shape index (κ2) is 6.30. The van der Waals surface area contributed by atoms with E-state index in [4.69, 9.17) is 15.4 Å². The van der Waals surface area contributed by atoms with E-state index in [-0.39, 0.29) is 22.8 Å². The van der Waals surface area contributed by atoms with E-state index in [0.717, 1.165) is 31.2 Å². The van der Waals surface area contributed by atoms with Gasteiger partial charge < -0.3 is 14.2 Å². The molecular weight excluding hydrogens is 322 g/mol. The lowest BCUT2D eigenvalue weighted by Gasteiger charge is -2.57. The molecule has 1 amide bonds. The van der Waals surface area contributed by atoms with Gasteiger partial charge in [0.2, 0.25) is 0 Å². The predicted molar refractivity (Wildman–Crippen MR) is 86.9 cm³/mol. The number of hydrogen-bond acceptors (Lipinski definition) is 3. The average Bonchev–Trinajstić information content (AvgIpc) is 2.42. The molecule has 0 aliphatic heterocycles. The van der Waals surface area contributed by atoms with E-state index in [1.807, 2.05) is 30.3 Å². The SMILES string of the molecule is CN(C(=O)OCc1ccccc1)C1CC2(C1)CC([S+]([O-])Cl)C2. The summed E-state index contributed by atoms with van der Waals surface area (Å²) in [7, 11) is 6.19. The highest BCUT2D eigenvalue weighted by Crippen LogP contribution is 2.59. The first-order chi connectivity index (χ1) is 10.5. The number of rotatable bonds is 4. The summed E-state index contributed by atoms with van der Waals surface area (Å²) in [6.07, 6.45) is 3.50. The molecule has 0 saturated heterocycles. The minimum absolute atomic E-state index is 0.137. The Morgan fingerprint density at radius 1 is 1.36 bits per heavy atom. The Morgan fingerprint density at radius 2 is 2.00 bits per heavy atom. The molecule has 120 valence electrons. The van der Waals surface area contributed by atoms with Crippen LogP contribution in [0.5, 0.6) is 0 Å². The molecule has 0 heterocycles. The molecule has 1 spiro atoms. The summed E-state index contributed by atoms with van der Waals surface area (Å²) in [4.78, 5) is 13.8. The van der Waals surface area contributed by atoms with Crippen molar-refractivity contribution in [2.24, 2.45) is 5.41 Å². The van der Waals surface area contributed by atoms with E-state index < -0.39 is 10.4 Å². The quantitative estimate of drug-likeness (QED) is 0.788. The van der Waals surface area contributed by atoms with Crippen LogP contribution in [0.25, 0.3) is 0 Å². The summed E-state index contributed by atoms with van der Waals surface area (Å²) in [5.41, 5.74) is 1.26. The molecule has 1 aromatic rings. The topological polar surface area (TPSA) is 52.6 Å². The van der Waals surface area contributed by atoms with Crippen LogP contribution in [0.4, 0.5) is 4.79 Å². The van der Waals surface area contributed by atoms with Crippen LogP contribution in [0, 0.1) is 5.41 Å². The maximum Gasteiger partial charge on any atom is 0.410 e. The average molecular weight is 342 g/mol. The normalized spacial score (nSPS) is 31.0. The molecular formula is C16H20ClNO3S. The zero-order chi connectivity index (χ0) is 15.7. The molecule has 0 bridgehead atoms. The summed E-state index contributed by atoms with van der Waals surface area (Å²) in [5, 5.41) is 0.137. The van der Waals surface area contributed by atoms with E-state index in [0.29, 0.717) is 6.61 Å².